The third kappa shape index (κ3) is 2.60. The summed E-state index contributed by atoms with van der Waals surface area (Å²) >= 11 is 8.71. The predicted molar refractivity (Wildman–Crippen MR) is 104 cm³/mol. The lowest BCUT2D eigenvalue weighted by molar-refractivity contribution is 0.0859. The number of hydrogen-bond donors (Lipinski definition) is 2. The Morgan fingerprint density at radius 1 is 1.42 bits per heavy atom. The minimum atomic E-state index is -0.265. The molecular weight excluding hydrogens is 439 g/mol. The lowest BCUT2D eigenvalue weighted by atomic mass is 9.90. The van der Waals surface area contributed by atoms with Gasteiger partial charge < -0.3 is 11.1 Å². The molecule has 0 radical (unpaired) electrons. The Labute approximate surface area is 159 Å². The van der Waals surface area contributed by atoms with Gasteiger partial charge in [-0.3, -0.25) is 4.79 Å². The van der Waals surface area contributed by atoms with E-state index in [1.54, 1.807) is 0 Å². The molecule has 0 saturated heterocycles. The second-order valence-electron chi connectivity index (χ2n) is 6.37. The van der Waals surface area contributed by atoms with Crippen molar-refractivity contribution < 1.29 is 4.79 Å². The van der Waals surface area contributed by atoms with E-state index in [1.807, 2.05) is 18.2 Å². The number of nitrogens with one attached hydrogen (secondary N) is 1. The molecule has 0 spiro atoms. The maximum absolute atomic E-state index is 13.1. The second kappa shape index (κ2) is 6.22. The molecule has 2 unspecified atom stereocenters. The third-order valence-electron chi connectivity index (χ3n) is 4.89. The molecule has 0 amide bonds. The molecule has 2 aliphatic rings. The Balaban J connectivity index is 1.73. The van der Waals surface area contributed by atoms with Crippen LogP contribution in [0, 0.1) is 0 Å². The van der Waals surface area contributed by atoms with Crippen LogP contribution in [0.2, 0.25) is 5.02 Å². The maximum Gasteiger partial charge on any atom is 0.256 e. The summed E-state index contributed by atoms with van der Waals surface area (Å²) in [5.74, 6) is 0.189. The monoisotopic (exact) mass is 456 g/mol. The number of nitrogens with zero attached hydrogens (tertiary/aromatic N) is 2. The molecule has 1 aliphatic heterocycles. The standard InChI is InChI=1S/C17H18ClIN4O/c18-13-3-1-2-10-11(6-7-21-15(10)13)17(24)23-16(20)12-8-9(19)4-5-14(12)22-23/h1-3,9,11,21H,4-8,20H2. The van der Waals surface area contributed by atoms with Crippen LogP contribution in [0.15, 0.2) is 18.2 Å². The Kier molecular flexibility index (Phi) is 4.20. The second-order valence-corrected chi connectivity index (χ2v) is 8.54. The molecular formula is C17H18ClIN4O. The van der Waals surface area contributed by atoms with Crippen LogP contribution in [0.5, 0.6) is 0 Å². The fourth-order valence-electron chi connectivity index (χ4n) is 3.64. The number of para-hydroxylation sites is 1. The van der Waals surface area contributed by atoms with E-state index >= 15 is 0 Å². The average molecular weight is 457 g/mol. The first-order chi connectivity index (χ1) is 11.6. The quantitative estimate of drug-likeness (QED) is 0.507. The van der Waals surface area contributed by atoms with Gasteiger partial charge in [0.05, 0.1) is 22.3 Å². The number of fused-ring (bicyclic) bond motifs is 2. The molecule has 7 heteroatoms. The van der Waals surface area contributed by atoms with E-state index in [9.17, 15) is 4.79 Å². The first kappa shape index (κ1) is 16.2. The van der Waals surface area contributed by atoms with Gasteiger partial charge in [0.15, 0.2) is 0 Å². The maximum atomic E-state index is 13.1. The minimum absolute atomic E-state index is 0.0584. The van der Waals surface area contributed by atoms with Gasteiger partial charge in [0.2, 0.25) is 0 Å². The smallest absolute Gasteiger partial charge is 0.256 e. The number of alkyl halides is 1. The van der Waals surface area contributed by atoms with Crippen LogP contribution >= 0.6 is 34.2 Å². The van der Waals surface area contributed by atoms with Gasteiger partial charge in [-0.1, -0.05) is 46.3 Å². The van der Waals surface area contributed by atoms with Crippen LogP contribution in [-0.4, -0.2) is 26.2 Å². The summed E-state index contributed by atoms with van der Waals surface area (Å²) in [5.41, 5.74) is 10.1. The lowest BCUT2D eigenvalue weighted by Crippen LogP contribution is -2.28. The van der Waals surface area contributed by atoms with E-state index in [2.05, 4.69) is 33.0 Å². The normalized spacial score (nSPS) is 22.4. The Morgan fingerprint density at radius 3 is 3.08 bits per heavy atom. The summed E-state index contributed by atoms with van der Waals surface area (Å²) in [6.45, 7) is 0.712. The first-order valence-corrected chi connectivity index (χ1v) is 9.75. The van der Waals surface area contributed by atoms with E-state index in [0.717, 1.165) is 41.8 Å². The van der Waals surface area contributed by atoms with Gasteiger partial charge in [-0.25, -0.2) is 0 Å². The van der Waals surface area contributed by atoms with Gasteiger partial charge >= 0.3 is 0 Å². The Bertz CT molecular complexity index is 819. The highest BCUT2D eigenvalue weighted by atomic mass is 127. The van der Waals surface area contributed by atoms with Crippen molar-refractivity contribution >= 4 is 51.6 Å². The van der Waals surface area contributed by atoms with Gasteiger partial charge in [0, 0.05) is 16.0 Å². The van der Waals surface area contributed by atoms with E-state index < -0.39 is 0 Å². The zero-order chi connectivity index (χ0) is 16.8. The summed E-state index contributed by atoms with van der Waals surface area (Å²) in [6.07, 6.45) is 3.58. The largest absolute Gasteiger partial charge is 0.384 e. The lowest BCUT2D eigenvalue weighted by Gasteiger charge is -2.26. The number of anilines is 2. The number of carbonyl (C=O) groups is 1. The summed E-state index contributed by atoms with van der Waals surface area (Å²) in [4.78, 5) is 13.1. The summed E-state index contributed by atoms with van der Waals surface area (Å²) in [5, 5.41) is 8.48. The Morgan fingerprint density at radius 2 is 2.25 bits per heavy atom. The molecule has 3 N–H and O–H groups in total. The van der Waals surface area contributed by atoms with Gasteiger partial charge in [0.25, 0.3) is 5.91 Å². The zero-order valence-corrected chi connectivity index (χ0v) is 16.0. The van der Waals surface area contributed by atoms with Gasteiger partial charge in [-0.15, -0.1) is 0 Å². The number of halogens is 2. The summed E-state index contributed by atoms with van der Waals surface area (Å²) < 4.78 is 1.99. The number of aromatic nitrogens is 2. The number of hydrogen-bond acceptors (Lipinski definition) is 4. The molecule has 1 aromatic carbocycles. The molecule has 0 fully saturated rings. The van der Waals surface area contributed by atoms with E-state index in [-0.39, 0.29) is 11.8 Å². The number of nitrogen functional groups attached to an aromatic ring is 1. The molecule has 0 bridgehead atoms. The zero-order valence-electron chi connectivity index (χ0n) is 13.1. The van der Waals surface area contributed by atoms with Crippen molar-refractivity contribution in [3.8, 4) is 0 Å². The minimum Gasteiger partial charge on any atom is -0.384 e. The van der Waals surface area contributed by atoms with Crippen molar-refractivity contribution in [2.24, 2.45) is 0 Å². The predicted octanol–water partition coefficient (Wildman–Crippen LogP) is 3.65. The van der Waals surface area contributed by atoms with Crippen LogP contribution in [0.1, 0.15) is 40.4 Å². The molecule has 2 atom stereocenters. The van der Waals surface area contributed by atoms with Crippen molar-refractivity contribution in [2.75, 3.05) is 17.6 Å². The average Bonchev–Trinajstić information content (AvgIpc) is 2.91. The van der Waals surface area contributed by atoms with Crippen molar-refractivity contribution in [1.29, 1.82) is 0 Å². The van der Waals surface area contributed by atoms with E-state index in [1.165, 1.54) is 4.68 Å². The molecule has 1 aromatic heterocycles. The van der Waals surface area contributed by atoms with E-state index in [4.69, 9.17) is 17.3 Å². The van der Waals surface area contributed by atoms with Crippen LogP contribution in [0.4, 0.5) is 11.5 Å². The van der Waals surface area contributed by atoms with Crippen LogP contribution in [0.3, 0.4) is 0 Å². The molecule has 2 heterocycles. The van der Waals surface area contributed by atoms with Crippen molar-refractivity contribution in [3.63, 3.8) is 0 Å². The van der Waals surface area contributed by atoms with E-state index in [0.29, 0.717) is 27.7 Å². The SMILES string of the molecule is Nc1c2c(nn1C(=O)C1CCNc3c(Cl)cccc31)CCC(I)C2. The van der Waals surface area contributed by atoms with Gasteiger partial charge in [-0.2, -0.15) is 9.78 Å². The molecule has 5 nitrogen and oxygen atoms in total. The highest BCUT2D eigenvalue weighted by Crippen LogP contribution is 2.38. The highest BCUT2D eigenvalue weighted by molar-refractivity contribution is 14.1. The van der Waals surface area contributed by atoms with Gasteiger partial charge in [0.1, 0.15) is 5.82 Å². The molecule has 126 valence electrons. The van der Waals surface area contributed by atoms with Crippen LogP contribution in [0.25, 0.3) is 0 Å². The van der Waals surface area contributed by atoms with Crippen molar-refractivity contribution in [3.05, 3.63) is 40.0 Å². The molecule has 24 heavy (non-hydrogen) atoms. The van der Waals surface area contributed by atoms with Crippen molar-refractivity contribution in [1.82, 2.24) is 9.78 Å². The summed E-state index contributed by atoms with van der Waals surface area (Å²) in [7, 11) is 0. The number of nitrogens with two attached hydrogens (primary N) is 1. The van der Waals surface area contributed by atoms with Crippen molar-refractivity contribution in [2.45, 2.75) is 35.5 Å². The first-order valence-electron chi connectivity index (χ1n) is 8.13. The molecule has 2 aromatic rings. The van der Waals surface area contributed by atoms with Crippen LogP contribution in [-0.2, 0) is 12.8 Å². The number of rotatable bonds is 1. The Hall–Kier alpha value is -1.28. The fraction of sp³-hybridized carbons (Fsp3) is 0.412. The molecule has 1 aliphatic carbocycles. The third-order valence-corrected chi connectivity index (χ3v) is 6.27. The highest BCUT2D eigenvalue weighted by Gasteiger charge is 2.32. The van der Waals surface area contributed by atoms with Gasteiger partial charge in [-0.05, 0) is 37.3 Å². The number of carbonyl (C=O) groups excluding carboxylic acids is 1. The molecule has 0 saturated carbocycles. The molecule has 4 rings (SSSR count). The number of benzene rings is 1. The topological polar surface area (TPSA) is 72.9 Å². The number of aryl methyl sites for hydroxylation is 1. The summed E-state index contributed by atoms with van der Waals surface area (Å²) in [6, 6.07) is 5.67. The van der Waals surface area contributed by atoms with Crippen LogP contribution < -0.4 is 11.1 Å². The fourth-order valence-corrected chi connectivity index (χ4v) is 4.64.